The fourth-order valence-electron chi connectivity index (χ4n) is 2.25. The van der Waals surface area contributed by atoms with Crippen LogP contribution in [0, 0.1) is 0 Å². The number of rotatable bonds is 3. The average molecular weight is 269 g/mol. The van der Waals surface area contributed by atoms with Gasteiger partial charge in [0.15, 0.2) is 0 Å². The Hall–Kier alpha value is -1.13. The van der Waals surface area contributed by atoms with Gasteiger partial charge in [-0.3, -0.25) is 0 Å². The van der Waals surface area contributed by atoms with Crippen molar-refractivity contribution in [2.24, 2.45) is 0 Å². The van der Waals surface area contributed by atoms with Crippen molar-refractivity contribution in [1.82, 2.24) is 0 Å². The molecule has 0 atom stereocenters. The Labute approximate surface area is 114 Å². The van der Waals surface area contributed by atoms with Crippen LogP contribution in [0.5, 0.6) is 0 Å². The molecule has 0 bridgehead atoms. The van der Waals surface area contributed by atoms with E-state index in [4.69, 9.17) is 0 Å². The first-order valence-corrected chi connectivity index (χ1v) is 11.4. The Bertz CT molecular complexity index is 558. The summed E-state index contributed by atoms with van der Waals surface area (Å²) < 4.78 is 0. The fourth-order valence-corrected chi connectivity index (χ4v) is 7.16. The van der Waals surface area contributed by atoms with Crippen LogP contribution in [0.3, 0.4) is 0 Å². The Balaban J connectivity index is 2.44. The summed E-state index contributed by atoms with van der Waals surface area (Å²) >= 11 is 0. The molecule has 0 fully saturated rings. The molecule has 2 aromatic carbocycles. The first-order chi connectivity index (χ1) is 8.58. The van der Waals surface area contributed by atoms with Crippen molar-refractivity contribution >= 4 is 34.4 Å². The van der Waals surface area contributed by atoms with Crippen molar-refractivity contribution in [1.29, 1.82) is 0 Å². The molecule has 0 spiro atoms. The summed E-state index contributed by atoms with van der Waals surface area (Å²) in [7, 11) is -0.633. The molecule has 2 radical (unpaired) electrons. The zero-order chi connectivity index (χ0) is 13.1. The first-order valence-electron chi connectivity index (χ1n) is 6.39. The van der Waals surface area contributed by atoms with Crippen LogP contribution in [-0.2, 0) is 0 Å². The number of fused-ring (bicyclic) bond motifs is 1. The highest BCUT2D eigenvalue weighted by Gasteiger charge is 2.10. The normalized spacial score (nSPS) is 11.2. The maximum Gasteiger partial charge on any atom is 0.0684 e. The van der Waals surface area contributed by atoms with Gasteiger partial charge >= 0.3 is 0 Å². The highest BCUT2D eigenvalue weighted by molar-refractivity contribution is 6.87. The van der Waals surface area contributed by atoms with Crippen molar-refractivity contribution in [2.75, 3.05) is 0 Å². The molecule has 0 nitrogen and oxygen atoms in total. The van der Waals surface area contributed by atoms with E-state index in [-0.39, 0.29) is 17.6 Å². The summed E-state index contributed by atoms with van der Waals surface area (Å²) in [5.74, 6) is 0. The molecule has 0 amide bonds. The molecule has 18 heavy (non-hydrogen) atoms. The molecule has 2 aromatic rings. The van der Waals surface area contributed by atoms with Crippen LogP contribution in [0.15, 0.2) is 47.3 Å². The lowest BCUT2D eigenvalue weighted by atomic mass is 10.1. The lowest BCUT2D eigenvalue weighted by Crippen LogP contribution is -2.18. The zero-order valence-electron chi connectivity index (χ0n) is 11.6. The molecular formula is C16H20Si2. The van der Waals surface area contributed by atoms with Crippen LogP contribution < -0.4 is 0 Å². The van der Waals surface area contributed by atoms with Crippen LogP contribution >= 0.6 is 0 Å². The summed E-state index contributed by atoms with van der Waals surface area (Å²) in [6, 6.07) is 15.4. The van der Waals surface area contributed by atoms with E-state index in [1.807, 2.05) is 0 Å². The molecule has 0 aliphatic rings. The maximum absolute atomic E-state index is 2.44. The van der Waals surface area contributed by atoms with Crippen LogP contribution in [-0.4, -0.2) is 17.6 Å². The van der Waals surface area contributed by atoms with Gasteiger partial charge < -0.3 is 0 Å². The minimum atomic E-state index is -0.316. The molecule has 0 saturated carbocycles. The summed E-state index contributed by atoms with van der Waals surface area (Å²) in [5, 5.41) is 2.67. The SMILES string of the molecule is C[Si](C)C(=Cc1ccc2ccccc2c1)[Si](C)C. The molecule has 0 saturated heterocycles. The van der Waals surface area contributed by atoms with Gasteiger partial charge in [-0.05, 0) is 22.4 Å². The average Bonchev–Trinajstić information content (AvgIpc) is 2.35. The molecule has 0 aliphatic carbocycles. The van der Waals surface area contributed by atoms with Gasteiger partial charge in [0, 0.05) is 0 Å². The molecule has 0 heterocycles. The Morgan fingerprint density at radius 2 is 1.44 bits per heavy atom. The quantitative estimate of drug-likeness (QED) is 0.701. The van der Waals surface area contributed by atoms with E-state index in [0.29, 0.717) is 0 Å². The van der Waals surface area contributed by atoms with Crippen LogP contribution in [0.1, 0.15) is 5.56 Å². The van der Waals surface area contributed by atoms with Gasteiger partial charge in [-0.15, -0.1) is 0 Å². The second-order valence-electron chi connectivity index (χ2n) is 5.16. The zero-order valence-corrected chi connectivity index (χ0v) is 13.6. The topological polar surface area (TPSA) is 0 Å². The largest absolute Gasteiger partial charge is 0.0938 e. The number of benzene rings is 2. The number of hydrogen-bond acceptors (Lipinski definition) is 0. The standard InChI is InChI=1S/C16H20Si2/c1-17(2)16(18(3)4)12-13-9-10-14-7-5-6-8-15(14)11-13/h5-12H,1-4H3. The molecule has 2 rings (SSSR count). The molecule has 0 aliphatic heterocycles. The second kappa shape index (κ2) is 5.68. The molecule has 0 unspecified atom stereocenters. The van der Waals surface area contributed by atoms with E-state index in [2.05, 4.69) is 74.7 Å². The molecule has 2 heteroatoms. The predicted octanol–water partition coefficient (Wildman–Crippen LogP) is 4.81. The third-order valence-corrected chi connectivity index (χ3v) is 8.61. The monoisotopic (exact) mass is 268 g/mol. The number of hydrogen-bond donors (Lipinski definition) is 0. The highest BCUT2D eigenvalue weighted by atomic mass is 28.3. The summed E-state index contributed by atoms with van der Waals surface area (Å²) in [5.41, 5.74) is 1.36. The lowest BCUT2D eigenvalue weighted by Gasteiger charge is -2.13. The first kappa shape index (κ1) is 13.3. The van der Waals surface area contributed by atoms with Crippen molar-refractivity contribution in [3.8, 4) is 0 Å². The van der Waals surface area contributed by atoms with Gasteiger partial charge in [-0.25, -0.2) is 0 Å². The van der Waals surface area contributed by atoms with Crippen LogP contribution in [0.2, 0.25) is 26.2 Å². The molecule has 0 N–H and O–H groups in total. The van der Waals surface area contributed by atoms with Crippen molar-refractivity contribution < 1.29 is 0 Å². The second-order valence-corrected chi connectivity index (χ2v) is 10.7. The maximum atomic E-state index is 2.44. The van der Waals surface area contributed by atoms with Crippen molar-refractivity contribution in [2.45, 2.75) is 26.2 Å². The van der Waals surface area contributed by atoms with Crippen LogP contribution in [0.4, 0.5) is 0 Å². The third kappa shape index (κ3) is 3.00. The van der Waals surface area contributed by atoms with Gasteiger partial charge in [-0.1, -0.05) is 73.5 Å². The van der Waals surface area contributed by atoms with E-state index in [0.717, 1.165) is 0 Å². The molecule has 0 aromatic heterocycles. The molecule has 92 valence electrons. The van der Waals surface area contributed by atoms with Gasteiger partial charge in [0.25, 0.3) is 0 Å². The van der Waals surface area contributed by atoms with Gasteiger partial charge in [-0.2, -0.15) is 0 Å². The van der Waals surface area contributed by atoms with Crippen molar-refractivity contribution in [3.05, 3.63) is 52.8 Å². The van der Waals surface area contributed by atoms with Gasteiger partial charge in [0.05, 0.1) is 17.6 Å². The summed E-state index contributed by atoms with van der Waals surface area (Å²) in [4.78, 5) is 1.72. The Morgan fingerprint density at radius 3 is 2.06 bits per heavy atom. The van der Waals surface area contributed by atoms with E-state index < -0.39 is 0 Å². The lowest BCUT2D eigenvalue weighted by molar-refractivity contribution is 1.70. The Morgan fingerprint density at radius 1 is 0.833 bits per heavy atom. The smallest absolute Gasteiger partial charge is 0.0684 e. The summed E-state index contributed by atoms with van der Waals surface area (Å²) in [6.45, 7) is 9.59. The van der Waals surface area contributed by atoms with Gasteiger partial charge in [0.1, 0.15) is 0 Å². The third-order valence-electron chi connectivity index (χ3n) is 3.16. The van der Waals surface area contributed by atoms with Gasteiger partial charge in [0.2, 0.25) is 0 Å². The fraction of sp³-hybridized carbons (Fsp3) is 0.250. The van der Waals surface area contributed by atoms with E-state index >= 15 is 0 Å². The molecular weight excluding hydrogens is 248 g/mol. The van der Waals surface area contributed by atoms with E-state index in [9.17, 15) is 0 Å². The van der Waals surface area contributed by atoms with Crippen molar-refractivity contribution in [3.63, 3.8) is 0 Å². The predicted molar refractivity (Wildman–Crippen MR) is 86.9 cm³/mol. The summed E-state index contributed by atoms with van der Waals surface area (Å²) in [6.07, 6.45) is 2.44. The van der Waals surface area contributed by atoms with E-state index in [1.165, 1.54) is 16.3 Å². The minimum absolute atomic E-state index is 0.316. The minimum Gasteiger partial charge on any atom is -0.0938 e. The van der Waals surface area contributed by atoms with E-state index in [1.54, 1.807) is 4.82 Å². The Kier molecular flexibility index (Phi) is 4.20. The highest BCUT2D eigenvalue weighted by Crippen LogP contribution is 2.19. The van der Waals surface area contributed by atoms with Crippen LogP contribution in [0.25, 0.3) is 16.8 Å².